The van der Waals surface area contributed by atoms with Crippen molar-refractivity contribution in [3.63, 3.8) is 0 Å². The predicted molar refractivity (Wildman–Crippen MR) is 76.2 cm³/mol. The highest BCUT2D eigenvalue weighted by Crippen LogP contribution is 2.18. The van der Waals surface area contributed by atoms with Gasteiger partial charge >= 0.3 is 0 Å². The summed E-state index contributed by atoms with van der Waals surface area (Å²) in [5.41, 5.74) is 1.90. The van der Waals surface area contributed by atoms with Crippen molar-refractivity contribution >= 4 is 40.1 Å². The van der Waals surface area contributed by atoms with E-state index in [4.69, 9.17) is 11.6 Å². The second-order valence-corrected chi connectivity index (χ2v) is 4.97. The van der Waals surface area contributed by atoms with E-state index in [0.29, 0.717) is 19.0 Å². The second kappa shape index (κ2) is 6.45. The van der Waals surface area contributed by atoms with Crippen LogP contribution in [0.15, 0.2) is 18.2 Å². The molecular formula is C12H15ClINO. The average molecular weight is 352 g/mol. The number of carbonyl (C=O) groups is 1. The summed E-state index contributed by atoms with van der Waals surface area (Å²) in [5, 5.41) is 0. The lowest BCUT2D eigenvalue weighted by Gasteiger charge is -2.20. The topological polar surface area (TPSA) is 20.3 Å². The van der Waals surface area contributed by atoms with Crippen LogP contribution in [-0.2, 0) is 0 Å². The summed E-state index contributed by atoms with van der Waals surface area (Å²) in [7, 11) is 0. The van der Waals surface area contributed by atoms with Gasteiger partial charge in [-0.3, -0.25) is 4.79 Å². The van der Waals surface area contributed by atoms with Crippen molar-refractivity contribution in [1.82, 2.24) is 4.90 Å². The molecule has 0 spiro atoms. The first-order valence-corrected chi connectivity index (χ1v) is 6.83. The molecule has 4 heteroatoms. The molecular weight excluding hydrogens is 336 g/mol. The van der Waals surface area contributed by atoms with Gasteiger partial charge in [0.2, 0.25) is 0 Å². The van der Waals surface area contributed by atoms with Crippen molar-refractivity contribution in [3.8, 4) is 0 Å². The molecule has 0 saturated heterocycles. The van der Waals surface area contributed by atoms with Crippen LogP contribution in [0.1, 0.15) is 22.8 Å². The highest BCUT2D eigenvalue weighted by Gasteiger charge is 2.16. The Labute approximate surface area is 115 Å². The summed E-state index contributed by atoms with van der Waals surface area (Å²) < 4.78 is 1.03. The lowest BCUT2D eigenvalue weighted by atomic mass is 10.1. The minimum atomic E-state index is 0.0660. The Kier molecular flexibility index (Phi) is 5.55. The minimum Gasteiger partial charge on any atom is -0.338 e. The zero-order chi connectivity index (χ0) is 12.1. The van der Waals surface area contributed by atoms with Crippen LogP contribution in [0.5, 0.6) is 0 Å². The van der Waals surface area contributed by atoms with Crippen LogP contribution >= 0.6 is 34.2 Å². The summed E-state index contributed by atoms with van der Waals surface area (Å²) in [4.78, 5) is 14.0. The maximum absolute atomic E-state index is 12.2. The Morgan fingerprint density at radius 1 is 1.50 bits per heavy atom. The molecule has 0 atom stereocenters. The Morgan fingerprint density at radius 2 is 2.19 bits per heavy atom. The Balaban J connectivity index is 2.99. The van der Waals surface area contributed by atoms with Gasteiger partial charge in [-0.05, 0) is 48.1 Å². The quantitative estimate of drug-likeness (QED) is 0.602. The van der Waals surface area contributed by atoms with E-state index in [2.05, 4.69) is 22.6 Å². The van der Waals surface area contributed by atoms with Crippen LogP contribution in [0.2, 0.25) is 0 Å². The molecule has 0 aromatic heterocycles. The number of nitrogens with zero attached hydrogens (tertiary/aromatic N) is 1. The molecule has 0 bridgehead atoms. The first kappa shape index (κ1) is 13.8. The van der Waals surface area contributed by atoms with Gasteiger partial charge in [0.05, 0.1) is 5.56 Å². The first-order valence-electron chi connectivity index (χ1n) is 5.22. The lowest BCUT2D eigenvalue weighted by molar-refractivity contribution is 0.0773. The van der Waals surface area contributed by atoms with E-state index < -0.39 is 0 Å². The van der Waals surface area contributed by atoms with Gasteiger partial charge < -0.3 is 4.90 Å². The van der Waals surface area contributed by atoms with Crippen molar-refractivity contribution in [3.05, 3.63) is 32.9 Å². The van der Waals surface area contributed by atoms with Crippen molar-refractivity contribution in [2.45, 2.75) is 13.8 Å². The highest BCUT2D eigenvalue weighted by molar-refractivity contribution is 14.1. The summed E-state index contributed by atoms with van der Waals surface area (Å²) in [6.45, 7) is 5.26. The van der Waals surface area contributed by atoms with Crippen LogP contribution in [0.4, 0.5) is 0 Å². The van der Waals surface area contributed by atoms with Gasteiger partial charge in [0, 0.05) is 22.5 Å². The van der Waals surface area contributed by atoms with E-state index in [-0.39, 0.29) is 5.91 Å². The summed E-state index contributed by atoms with van der Waals surface area (Å²) >= 11 is 7.90. The fourth-order valence-electron chi connectivity index (χ4n) is 1.49. The van der Waals surface area contributed by atoms with Crippen LogP contribution in [0, 0.1) is 10.5 Å². The molecule has 1 aromatic carbocycles. The SMILES string of the molecule is CCN(CCCl)C(=O)c1cccc(C)c1I. The number of amides is 1. The molecule has 0 radical (unpaired) electrons. The number of rotatable bonds is 4. The third-order valence-electron chi connectivity index (χ3n) is 2.45. The van der Waals surface area contributed by atoms with Crippen molar-refractivity contribution in [2.24, 2.45) is 0 Å². The molecule has 0 fully saturated rings. The molecule has 1 amide bonds. The number of alkyl halides is 1. The zero-order valence-corrected chi connectivity index (χ0v) is 12.4. The Bertz CT molecular complexity index is 381. The molecule has 0 aliphatic heterocycles. The van der Waals surface area contributed by atoms with Crippen molar-refractivity contribution in [1.29, 1.82) is 0 Å². The van der Waals surface area contributed by atoms with E-state index in [1.54, 1.807) is 4.90 Å². The summed E-state index contributed by atoms with van der Waals surface area (Å²) in [6.07, 6.45) is 0. The predicted octanol–water partition coefficient (Wildman–Crippen LogP) is 3.30. The average Bonchev–Trinajstić information content (AvgIpc) is 2.29. The number of hydrogen-bond donors (Lipinski definition) is 0. The smallest absolute Gasteiger partial charge is 0.254 e. The third kappa shape index (κ3) is 3.10. The first-order chi connectivity index (χ1) is 7.61. The molecule has 0 N–H and O–H groups in total. The van der Waals surface area contributed by atoms with Gasteiger partial charge in [0.25, 0.3) is 5.91 Å². The molecule has 1 rings (SSSR count). The minimum absolute atomic E-state index is 0.0660. The molecule has 0 aliphatic carbocycles. The highest BCUT2D eigenvalue weighted by atomic mass is 127. The van der Waals surface area contributed by atoms with Gasteiger partial charge in [-0.1, -0.05) is 12.1 Å². The molecule has 1 aromatic rings. The maximum atomic E-state index is 12.2. The monoisotopic (exact) mass is 351 g/mol. The normalized spacial score (nSPS) is 10.2. The van der Waals surface area contributed by atoms with Crippen LogP contribution in [0.25, 0.3) is 0 Å². The van der Waals surface area contributed by atoms with Crippen molar-refractivity contribution in [2.75, 3.05) is 19.0 Å². The summed E-state index contributed by atoms with van der Waals surface area (Å²) in [6, 6.07) is 5.80. The van der Waals surface area contributed by atoms with Gasteiger partial charge in [0.15, 0.2) is 0 Å². The number of halogens is 2. The number of benzene rings is 1. The molecule has 0 unspecified atom stereocenters. The fraction of sp³-hybridized carbons (Fsp3) is 0.417. The zero-order valence-electron chi connectivity index (χ0n) is 9.46. The third-order valence-corrected chi connectivity index (χ3v) is 4.05. The Hall–Kier alpha value is -0.290. The molecule has 88 valence electrons. The van der Waals surface area contributed by atoms with Crippen molar-refractivity contribution < 1.29 is 4.79 Å². The van der Waals surface area contributed by atoms with E-state index >= 15 is 0 Å². The van der Waals surface area contributed by atoms with E-state index in [0.717, 1.165) is 14.7 Å². The van der Waals surface area contributed by atoms with Crippen LogP contribution in [-0.4, -0.2) is 29.8 Å². The molecule has 0 saturated carbocycles. The van der Waals surface area contributed by atoms with E-state index in [1.807, 2.05) is 32.0 Å². The number of aryl methyl sites for hydroxylation is 1. The maximum Gasteiger partial charge on any atom is 0.254 e. The van der Waals surface area contributed by atoms with E-state index in [9.17, 15) is 4.79 Å². The second-order valence-electron chi connectivity index (χ2n) is 3.51. The largest absolute Gasteiger partial charge is 0.338 e. The molecule has 16 heavy (non-hydrogen) atoms. The van der Waals surface area contributed by atoms with E-state index in [1.165, 1.54) is 0 Å². The van der Waals surface area contributed by atoms with Crippen LogP contribution < -0.4 is 0 Å². The molecule has 0 heterocycles. The summed E-state index contributed by atoms with van der Waals surface area (Å²) in [5.74, 6) is 0.540. The number of hydrogen-bond acceptors (Lipinski definition) is 1. The standard InChI is InChI=1S/C12H15ClINO/c1-3-15(8-7-13)12(16)10-6-4-5-9(2)11(10)14/h4-6H,3,7-8H2,1-2H3. The lowest BCUT2D eigenvalue weighted by Crippen LogP contribution is -2.33. The Morgan fingerprint density at radius 3 is 2.75 bits per heavy atom. The van der Waals surface area contributed by atoms with Gasteiger partial charge in [0.1, 0.15) is 0 Å². The molecule has 2 nitrogen and oxygen atoms in total. The van der Waals surface area contributed by atoms with Gasteiger partial charge in [-0.2, -0.15) is 0 Å². The van der Waals surface area contributed by atoms with Crippen LogP contribution in [0.3, 0.4) is 0 Å². The fourth-order valence-corrected chi connectivity index (χ4v) is 2.28. The van der Waals surface area contributed by atoms with Gasteiger partial charge in [-0.15, -0.1) is 11.6 Å². The van der Waals surface area contributed by atoms with Gasteiger partial charge in [-0.25, -0.2) is 0 Å². The number of carbonyl (C=O) groups excluding carboxylic acids is 1. The molecule has 0 aliphatic rings.